The molecule has 0 bridgehead atoms. The van der Waals surface area contributed by atoms with Crippen LogP contribution in [0.2, 0.25) is 5.02 Å². The molecule has 1 aliphatic carbocycles. The monoisotopic (exact) mass is 235 g/mol. The lowest BCUT2D eigenvalue weighted by atomic mass is 10.0. The molecule has 2 rings (SSSR count). The van der Waals surface area contributed by atoms with E-state index in [0.717, 1.165) is 6.07 Å². The van der Waals surface area contributed by atoms with Gasteiger partial charge in [0.2, 0.25) is 0 Å². The normalized spacial score (nSPS) is 19.0. The van der Waals surface area contributed by atoms with E-state index < -0.39 is 17.3 Å². The molecule has 1 aromatic rings. The zero-order chi connectivity index (χ0) is 11.3. The maximum Gasteiger partial charge on any atom is 0.417 e. The molecule has 1 nitrogen and oxygen atoms in total. The average Bonchev–Trinajstić information content (AvgIpc) is 2.83. The summed E-state index contributed by atoms with van der Waals surface area (Å²) in [7, 11) is 0. The molecule has 0 aromatic heterocycles. The zero-order valence-electron chi connectivity index (χ0n) is 7.74. The molecule has 0 radical (unpaired) electrons. The summed E-state index contributed by atoms with van der Waals surface area (Å²) in [6.45, 7) is 0. The van der Waals surface area contributed by atoms with Crippen LogP contribution < -0.4 is 5.73 Å². The van der Waals surface area contributed by atoms with Gasteiger partial charge in [0.15, 0.2) is 0 Å². The first-order chi connectivity index (χ1) is 6.84. The fraction of sp³-hybridized carbons (Fsp3) is 0.400. The molecule has 1 fully saturated rings. The molecule has 0 aliphatic heterocycles. The second-order valence-electron chi connectivity index (χ2n) is 3.82. The summed E-state index contributed by atoms with van der Waals surface area (Å²) in [5, 5.41) is -0.259. The molecule has 0 saturated heterocycles. The predicted molar refractivity (Wildman–Crippen MR) is 51.6 cm³/mol. The molecular formula is C10H9ClF3N. The molecule has 0 spiro atoms. The first-order valence-electron chi connectivity index (χ1n) is 4.50. The van der Waals surface area contributed by atoms with Crippen molar-refractivity contribution in [2.45, 2.75) is 24.6 Å². The average molecular weight is 236 g/mol. The SMILES string of the molecule is NC1(c2cccc(C(F)(F)F)c2Cl)CC1. The van der Waals surface area contributed by atoms with Crippen molar-refractivity contribution in [2.24, 2.45) is 5.73 Å². The van der Waals surface area contributed by atoms with Crippen molar-refractivity contribution in [2.75, 3.05) is 0 Å². The molecule has 15 heavy (non-hydrogen) atoms. The Morgan fingerprint density at radius 1 is 1.27 bits per heavy atom. The smallest absolute Gasteiger partial charge is 0.321 e. The predicted octanol–water partition coefficient (Wildman–Crippen LogP) is 3.31. The Kier molecular flexibility index (Phi) is 2.24. The Hall–Kier alpha value is -0.740. The highest BCUT2D eigenvalue weighted by molar-refractivity contribution is 6.32. The van der Waals surface area contributed by atoms with Gasteiger partial charge in [-0.25, -0.2) is 0 Å². The van der Waals surface area contributed by atoms with Crippen LogP contribution in [0.15, 0.2) is 18.2 Å². The van der Waals surface area contributed by atoms with Crippen molar-refractivity contribution in [3.05, 3.63) is 34.3 Å². The fourth-order valence-electron chi connectivity index (χ4n) is 1.54. The number of nitrogens with two attached hydrogens (primary N) is 1. The van der Waals surface area contributed by atoms with Crippen LogP contribution in [0.25, 0.3) is 0 Å². The third-order valence-electron chi connectivity index (χ3n) is 2.63. The molecule has 1 aliphatic rings. The van der Waals surface area contributed by atoms with E-state index in [0.29, 0.717) is 18.4 Å². The van der Waals surface area contributed by atoms with E-state index >= 15 is 0 Å². The molecule has 2 N–H and O–H groups in total. The molecular weight excluding hydrogens is 227 g/mol. The van der Waals surface area contributed by atoms with Crippen molar-refractivity contribution >= 4 is 11.6 Å². The highest BCUT2D eigenvalue weighted by Gasteiger charge is 2.44. The van der Waals surface area contributed by atoms with Gasteiger partial charge >= 0.3 is 6.18 Å². The molecule has 5 heteroatoms. The molecule has 1 aromatic carbocycles. The number of alkyl halides is 3. The van der Waals surface area contributed by atoms with Crippen LogP contribution in [0.5, 0.6) is 0 Å². The summed E-state index contributed by atoms with van der Waals surface area (Å²) in [5.74, 6) is 0. The van der Waals surface area contributed by atoms with E-state index in [1.165, 1.54) is 6.07 Å². The lowest BCUT2D eigenvalue weighted by Crippen LogP contribution is -2.20. The highest BCUT2D eigenvalue weighted by atomic mass is 35.5. The lowest BCUT2D eigenvalue weighted by molar-refractivity contribution is -0.137. The van der Waals surface area contributed by atoms with E-state index in [9.17, 15) is 13.2 Å². The summed E-state index contributed by atoms with van der Waals surface area (Å²) >= 11 is 5.72. The summed E-state index contributed by atoms with van der Waals surface area (Å²) in [6, 6.07) is 3.87. The third-order valence-corrected chi connectivity index (χ3v) is 3.04. The largest absolute Gasteiger partial charge is 0.417 e. The second kappa shape index (κ2) is 3.12. The van der Waals surface area contributed by atoms with Gasteiger partial charge in [0.25, 0.3) is 0 Å². The first-order valence-corrected chi connectivity index (χ1v) is 4.87. The first kappa shape index (κ1) is 10.8. The van der Waals surface area contributed by atoms with Gasteiger partial charge in [-0.1, -0.05) is 23.7 Å². The molecule has 0 unspecified atom stereocenters. The van der Waals surface area contributed by atoms with Crippen LogP contribution in [0.1, 0.15) is 24.0 Å². The molecule has 82 valence electrons. The second-order valence-corrected chi connectivity index (χ2v) is 4.20. The quantitative estimate of drug-likeness (QED) is 0.794. The maximum atomic E-state index is 12.5. The Morgan fingerprint density at radius 3 is 2.33 bits per heavy atom. The van der Waals surface area contributed by atoms with Gasteiger partial charge in [0.1, 0.15) is 0 Å². The Balaban J connectivity index is 2.51. The zero-order valence-corrected chi connectivity index (χ0v) is 8.49. The fourth-order valence-corrected chi connectivity index (χ4v) is 1.96. The minimum absolute atomic E-state index is 0.259. The van der Waals surface area contributed by atoms with Crippen molar-refractivity contribution < 1.29 is 13.2 Å². The topological polar surface area (TPSA) is 26.0 Å². The van der Waals surface area contributed by atoms with E-state index in [-0.39, 0.29) is 5.02 Å². The summed E-state index contributed by atoms with van der Waals surface area (Å²) in [4.78, 5) is 0. The number of halogens is 4. The Morgan fingerprint density at radius 2 is 1.87 bits per heavy atom. The number of hydrogen-bond acceptors (Lipinski definition) is 1. The molecule has 0 amide bonds. The van der Waals surface area contributed by atoms with Gasteiger partial charge in [-0.05, 0) is 24.5 Å². The molecule has 0 heterocycles. The summed E-state index contributed by atoms with van der Waals surface area (Å²) < 4.78 is 37.5. The van der Waals surface area contributed by atoms with E-state index in [1.807, 2.05) is 0 Å². The van der Waals surface area contributed by atoms with Crippen molar-refractivity contribution in [1.29, 1.82) is 0 Å². The maximum absolute atomic E-state index is 12.5. The number of benzene rings is 1. The number of hydrogen-bond donors (Lipinski definition) is 1. The number of rotatable bonds is 1. The van der Waals surface area contributed by atoms with E-state index in [1.54, 1.807) is 6.07 Å². The van der Waals surface area contributed by atoms with Crippen LogP contribution >= 0.6 is 11.6 Å². The molecule has 0 atom stereocenters. The van der Waals surface area contributed by atoms with E-state index in [2.05, 4.69) is 0 Å². The van der Waals surface area contributed by atoms with Crippen molar-refractivity contribution in [1.82, 2.24) is 0 Å². The van der Waals surface area contributed by atoms with Gasteiger partial charge < -0.3 is 5.73 Å². The van der Waals surface area contributed by atoms with Crippen LogP contribution in [-0.2, 0) is 11.7 Å². The van der Waals surface area contributed by atoms with Crippen LogP contribution in [-0.4, -0.2) is 0 Å². The van der Waals surface area contributed by atoms with Gasteiger partial charge in [-0.2, -0.15) is 13.2 Å². The van der Waals surface area contributed by atoms with Crippen LogP contribution in [0.4, 0.5) is 13.2 Å². The van der Waals surface area contributed by atoms with Gasteiger partial charge in [0.05, 0.1) is 10.6 Å². The van der Waals surface area contributed by atoms with Crippen LogP contribution in [0.3, 0.4) is 0 Å². The van der Waals surface area contributed by atoms with E-state index in [4.69, 9.17) is 17.3 Å². The third kappa shape index (κ3) is 1.84. The van der Waals surface area contributed by atoms with Crippen LogP contribution in [0, 0.1) is 0 Å². The molecule has 1 saturated carbocycles. The van der Waals surface area contributed by atoms with Gasteiger partial charge in [-0.15, -0.1) is 0 Å². The summed E-state index contributed by atoms with van der Waals surface area (Å²) in [6.07, 6.45) is -3.04. The standard InChI is InChI=1S/C10H9ClF3N/c11-8-6(9(15)4-5-9)2-1-3-7(8)10(12,13)14/h1-3H,4-5,15H2. The van der Waals surface area contributed by atoms with Gasteiger partial charge in [0, 0.05) is 5.54 Å². The summed E-state index contributed by atoms with van der Waals surface area (Å²) in [5.41, 5.74) is 4.78. The minimum atomic E-state index is -4.42. The Bertz CT molecular complexity index is 373. The lowest BCUT2D eigenvalue weighted by Gasteiger charge is -2.16. The highest BCUT2D eigenvalue weighted by Crippen LogP contribution is 2.48. The minimum Gasteiger partial charge on any atom is -0.321 e. The van der Waals surface area contributed by atoms with Crippen molar-refractivity contribution in [3.8, 4) is 0 Å². The Labute approximate surface area is 90.0 Å². The van der Waals surface area contributed by atoms with Crippen molar-refractivity contribution in [3.63, 3.8) is 0 Å². The van der Waals surface area contributed by atoms with Gasteiger partial charge in [-0.3, -0.25) is 0 Å².